The van der Waals surface area contributed by atoms with Crippen LogP contribution in [0.4, 0.5) is 5.69 Å². The first kappa shape index (κ1) is 18.5. The molecule has 0 aliphatic carbocycles. The van der Waals surface area contributed by atoms with Crippen LogP contribution in [-0.2, 0) is 0 Å². The molecule has 1 aliphatic rings. The summed E-state index contributed by atoms with van der Waals surface area (Å²) in [5, 5.41) is 23.6. The lowest BCUT2D eigenvalue weighted by atomic mass is 10.1. The van der Waals surface area contributed by atoms with Crippen LogP contribution in [0, 0.1) is 17.0 Å². The normalized spacial score (nSPS) is 13.1. The number of hydrogen-bond acceptors (Lipinski definition) is 7. The minimum absolute atomic E-state index is 0.0520. The van der Waals surface area contributed by atoms with Gasteiger partial charge in [0.25, 0.3) is 11.6 Å². The average Bonchev–Trinajstić information content (AvgIpc) is 3.11. The number of carbonyl (C=O) groups is 1. The molecule has 1 amide bonds. The van der Waals surface area contributed by atoms with Crippen molar-refractivity contribution in [3.8, 4) is 17.2 Å². The van der Waals surface area contributed by atoms with Crippen LogP contribution in [0.25, 0.3) is 0 Å². The third-order valence-corrected chi connectivity index (χ3v) is 3.95. The maximum absolute atomic E-state index is 12.2. The Bertz CT molecular complexity index is 869. The number of ether oxygens (including phenoxy) is 3. The van der Waals surface area contributed by atoms with Crippen molar-refractivity contribution in [1.29, 1.82) is 0 Å². The Morgan fingerprint density at radius 1 is 1.33 bits per heavy atom. The van der Waals surface area contributed by atoms with Gasteiger partial charge in [-0.2, -0.15) is 0 Å². The lowest BCUT2D eigenvalue weighted by Crippen LogP contribution is -2.35. The molecular formula is C18H18N2O7. The van der Waals surface area contributed by atoms with Crippen LogP contribution < -0.4 is 19.5 Å². The molecule has 0 saturated heterocycles. The molecule has 3 rings (SSSR count). The fourth-order valence-corrected chi connectivity index (χ4v) is 2.61. The van der Waals surface area contributed by atoms with Crippen LogP contribution in [0.3, 0.4) is 0 Å². The zero-order chi connectivity index (χ0) is 19.4. The Labute approximate surface area is 154 Å². The molecule has 2 aromatic carbocycles. The molecule has 1 aliphatic heterocycles. The number of carbonyl (C=O) groups excluding carboxylic acids is 1. The number of amides is 1. The minimum atomic E-state index is -0.997. The molecule has 2 N–H and O–H groups in total. The number of aliphatic hydroxyl groups excluding tert-OH is 1. The number of para-hydroxylation sites is 1. The Balaban J connectivity index is 1.53. The van der Waals surface area contributed by atoms with E-state index in [-0.39, 0.29) is 31.2 Å². The molecule has 1 atom stereocenters. The molecule has 0 bridgehead atoms. The maximum Gasteiger partial charge on any atom is 0.285 e. The van der Waals surface area contributed by atoms with E-state index < -0.39 is 16.9 Å². The van der Waals surface area contributed by atoms with Crippen molar-refractivity contribution in [3.05, 3.63) is 57.6 Å². The predicted octanol–water partition coefficient (Wildman–Crippen LogP) is 1.80. The first-order chi connectivity index (χ1) is 13.0. The largest absolute Gasteiger partial charge is 0.491 e. The standard InChI is InChI=1S/C18H18N2O7/c1-11-3-2-4-14(17(11)20(23)24)18(22)19-8-12(21)9-25-13-5-6-15-16(7-13)27-10-26-15/h2-7,12,21H,8-10H2,1H3,(H,19,22). The summed E-state index contributed by atoms with van der Waals surface area (Å²) in [6, 6.07) is 9.51. The SMILES string of the molecule is Cc1cccc(C(=O)NCC(O)COc2ccc3c(c2)OCO3)c1[N+](=O)[O-]. The molecule has 0 spiro atoms. The summed E-state index contributed by atoms with van der Waals surface area (Å²) >= 11 is 0. The fourth-order valence-electron chi connectivity index (χ4n) is 2.61. The topological polar surface area (TPSA) is 120 Å². The molecule has 0 aromatic heterocycles. The Kier molecular flexibility index (Phi) is 5.41. The van der Waals surface area contributed by atoms with E-state index in [0.717, 1.165) is 0 Å². The summed E-state index contributed by atoms with van der Waals surface area (Å²) in [6.07, 6.45) is -0.997. The number of aliphatic hydroxyl groups is 1. The van der Waals surface area contributed by atoms with Crippen molar-refractivity contribution in [2.75, 3.05) is 19.9 Å². The van der Waals surface area contributed by atoms with E-state index in [1.165, 1.54) is 6.07 Å². The molecule has 1 unspecified atom stereocenters. The van der Waals surface area contributed by atoms with Gasteiger partial charge < -0.3 is 24.6 Å². The van der Waals surface area contributed by atoms with E-state index >= 15 is 0 Å². The van der Waals surface area contributed by atoms with Crippen molar-refractivity contribution in [2.45, 2.75) is 13.0 Å². The van der Waals surface area contributed by atoms with E-state index in [9.17, 15) is 20.0 Å². The summed E-state index contributed by atoms with van der Waals surface area (Å²) in [7, 11) is 0. The first-order valence-corrected chi connectivity index (χ1v) is 8.18. The van der Waals surface area contributed by atoms with E-state index in [0.29, 0.717) is 22.8 Å². The van der Waals surface area contributed by atoms with E-state index in [4.69, 9.17) is 14.2 Å². The van der Waals surface area contributed by atoms with Gasteiger partial charge in [0.15, 0.2) is 11.5 Å². The number of hydrogen-bond donors (Lipinski definition) is 2. The van der Waals surface area contributed by atoms with Crippen molar-refractivity contribution < 1.29 is 29.0 Å². The van der Waals surface area contributed by atoms with Gasteiger partial charge in [-0.15, -0.1) is 0 Å². The number of benzene rings is 2. The quantitative estimate of drug-likeness (QED) is 0.560. The Morgan fingerprint density at radius 3 is 2.89 bits per heavy atom. The summed E-state index contributed by atoms with van der Waals surface area (Å²) in [5.41, 5.74) is 0.0873. The van der Waals surface area contributed by atoms with Gasteiger partial charge in [0.2, 0.25) is 6.79 Å². The Morgan fingerprint density at radius 2 is 2.11 bits per heavy atom. The molecular weight excluding hydrogens is 356 g/mol. The van der Waals surface area contributed by atoms with Gasteiger partial charge in [0.1, 0.15) is 24.0 Å². The van der Waals surface area contributed by atoms with E-state index in [2.05, 4.69) is 5.32 Å². The van der Waals surface area contributed by atoms with Crippen LogP contribution in [0.5, 0.6) is 17.2 Å². The van der Waals surface area contributed by atoms with Crippen molar-refractivity contribution in [3.63, 3.8) is 0 Å². The fraction of sp³-hybridized carbons (Fsp3) is 0.278. The van der Waals surface area contributed by atoms with Gasteiger partial charge in [0.05, 0.1) is 4.92 Å². The van der Waals surface area contributed by atoms with Crippen LogP contribution in [-0.4, -0.2) is 42.0 Å². The van der Waals surface area contributed by atoms with Crippen LogP contribution >= 0.6 is 0 Å². The number of nitro groups is 1. The summed E-state index contributed by atoms with van der Waals surface area (Å²) < 4.78 is 15.9. The van der Waals surface area contributed by atoms with Crippen LogP contribution in [0.2, 0.25) is 0 Å². The number of fused-ring (bicyclic) bond motifs is 1. The number of aryl methyl sites for hydroxylation is 1. The first-order valence-electron chi connectivity index (χ1n) is 8.18. The average molecular weight is 374 g/mol. The smallest absolute Gasteiger partial charge is 0.285 e. The molecule has 142 valence electrons. The number of nitrogens with zero attached hydrogens (tertiary/aromatic N) is 1. The van der Waals surface area contributed by atoms with Crippen LogP contribution in [0.15, 0.2) is 36.4 Å². The lowest BCUT2D eigenvalue weighted by Gasteiger charge is -2.14. The van der Waals surface area contributed by atoms with Gasteiger partial charge >= 0.3 is 0 Å². The molecule has 27 heavy (non-hydrogen) atoms. The zero-order valence-corrected chi connectivity index (χ0v) is 14.5. The minimum Gasteiger partial charge on any atom is -0.491 e. The molecule has 0 saturated carbocycles. The number of nitrogens with one attached hydrogen (secondary N) is 1. The summed E-state index contributed by atoms with van der Waals surface area (Å²) in [4.78, 5) is 22.8. The third kappa shape index (κ3) is 4.26. The highest BCUT2D eigenvalue weighted by Gasteiger charge is 2.22. The highest BCUT2D eigenvalue weighted by atomic mass is 16.7. The van der Waals surface area contributed by atoms with Crippen LogP contribution in [0.1, 0.15) is 15.9 Å². The highest BCUT2D eigenvalue weighted by molar-refractivity contribution is 5.98. The second-order valence-electron chi connectivity index (χ2n) is 5.92. The van der Waals surface area contributed by atoms with Crippen molar-refractivity contribution in [1.82, 2.24) is 5.32 Å². The second kappa shape index (κ2) is 7.92. The van der Waals surface area contributed by atoms with Crippen molar-refractivity contribution >= 4 is 11.6 Å². The predicted molar refractivity (Wildman–Crippen MR) is 94.2 cm³/mol. The maximum atomic E-state index is 12.2. The van der Waals surface area contributed by atoms with Gasteiger partial charge in [-0.1, -0.05) is 12.1 Å². The molecule has 0 fully saturated rings. The monoisotopic (exact) mass is 374 g/mol. The Hall–Kier alpha value is -3.33. The molecule has 0 radical (unpaired) electrons. The summed E-state index contributed by atoms with van der Waals surface area (Å²) in [5.74, 6) is 1.03. The molecule has 1 heterocycles. The van der Waals surface area contributed by atoms with Crippen molar-refractivity contribution in [2.24, 2.45) is 0 Å². The lowest BCUT2D eigenvalue weighted by molar-refractivity contribution is -0.385. The van der Waals surface area contributed by atoms with Gasteiger partial charge in [0, 0.05) is 18.2 Å². The van der Waals surface area contributed by atoms with Gasteiger partial charge in [-0.3, -0.25) is 14.9 Å². The van der Waals surface area contributed by atoms with E-state index in [1.54, 1.807) is 37.3 Å². The third-order valence-electron chi connectivity index (χ3n) is 3.95. The second-order valence-corrected chi connectivity index (χ2v) is 5.92. The van der Waals surface area contributed by atoms with Gasteiger partial charge in [-0.05, 0) is 25.1 Å². The number of nitro benzene ring substituents is 1. The molecule has 2 aromatic rings. The highest BCUT2D eigenvalue weighted by Crippen LogP contribution is 2.35. The summed E-state index contributed by atoms with van der Waals surface area (Å²) in [6.45, 7) is 1.52. The molecule has 9 heteroatoms. The number of rotatable bonds is 7. The van der Waals surface area contributed by atoms with E-state index in [1.807, 2.05) is 0 Å². The molecule has 9 nitrogen and oxygen atoms in total. The zero-order valence-electron chi connectivity index (χ0n) is 14.5. The van der Waals surface area contributed by atoms with Gasteiger partial charge in [-0.25, -0.2) is 0 Å².